The number of nitrogens with zero attached hydrogens (tertiary/aromatic N) is 2. The molecule has 9 heteroatoms. The van der Waals surface area contributed by atoms with E-state index in [1.54, 1.807) is 13.8 Å². The molecule has 0 aromatic carbocycles. The summed E-state index contributed by atoms with van der Waals surface area (Å²) in [4.78, 5) is 3.80. The first-order chi connectivity index (χ1) is 9.20. The Kier molecular flexibility index (Phi) is 5.63. The van der Waals surface area contributed by atoms with Crippen LogP contribution in [0.3, 0.4) is 0 Å². The third-order valence-corrected chi connectivity index (χ3v) is 5.39. The predicted octanol–water partition coefficient (Wildman–Crippen LogP) is 0.161. The Morgan fingerprint density at radius 1 is 1.15 bits per heavy atom. The Hall–Kier alpha value is -1.03. The molecule has 0 bridgehead atoms. The topological polar surface area (TPSA) is 96.4 Å². The molecule has 0 saturated heterocycles. The van der Waals surface area contributed by atoms with Gasteiger partial charge in [0.1, 0.15) is 0 Å². The van der Waals surface area contributed by atoms with Gasteiger partial charge in [0, 0.05) is 32.1 Å². The van der Waals surface area contributed by atoms with Gasteiger partial charge in [-0.15, -0.1) is 0 Å². The Morgan fingerprint density at radius 3 is 2.15 bits per heavy atom. The van der Waals surface area contributed by atoms with Gasteiger partial charge in [-0.3, -0.25) is 0 Å². The smallest absolute Gasteiger partial charge is 0.244 e. The number of aromatic nitrogens is 1. The van der Waals surface area contributed by atoms with Crippen LogP contribution in [0.5, 0.6) is 0 Å². The summed E-state index contributed by atoms with van der Waals surface area (Å²) in [6, 6.07) is 2.89. The quantitative estimate of drug-likeness (QED) is 0.772. The summed E-state index contributed by atoms with van der Waals surface area (Å²) in [7, 11) is -6.86. The molecule has 0 aliphatic rings. The van der Waals surface area contributed by atoms with Crippen molar-refractivity contribution in [1.82, 2.24) is 14.0 Å². The second-order valence-corrected chi connectivity index (χ2v) is 7.91. The number of hydrogen-bond donors (Lipinski definition) is 1. The Morgan fingerprint density at radius 2 is 1.75 bits per heavy atom. The van der Waals surface area contributed by atoms with Crippen LogP contribution < -0.4 is 4.72 Å². The SMILES string of the molecule is CCN(CC)S(=O)(=O)NCc1ccc(S(C)(=O)=O)nc1. The van der Waals surface area contributed by atoms with Crippen LogP contribution in [0.25, 0.3) is 0 Å². The molecule has 1 aromatic heterocycles. The maximum atomic E-state index is 11.9. The van der Waals surface area contributed by atoms with Crippen molar-refractivity contribution in [2.45, 2.75) is 25.4 Å². The number of pyridine rings is 1. The van der Waals surface area contributed by atoms with Gasteiger partial charge in [0.2, 0.25) is 0 Å². The monoisotopic (exact) mass is 321 g/mol. The molecule has 20 heavy (non-hydrogen) atoms. The molecule has 0 unspecified atom stereocenters. The fourth-order valence-corrected chi connectivity index (χ4v) is 3.34. The molecule has 0 aliphatic heterocycles. The molecule has 1 heterocycles. The summed E-state index contributed by atoms with van der Waals surface area (Å²) >= 11 is 0. The fourth-order valence-electron chi connectivity index (χ4n) is 1.56. The number of rotatable bonds is 7. The van der Waals surface area contributed by atoms with E-state index < -0.39 is 20.0 Å². The minimum Gasteiger partial charge on any atom is -0.244 e. The fraction of sp³-hybridized carbons (Fsp3) is 0.545. The van der Waals surface area contributed by atoms with Crippen LogP contribution in [0, 0.1) is 0 Å². The van der Waals surface area contributed by atoms with Crippen LogP contribution >= 0.6 is 0 Å². The largest absolute Gasteiger partial charge is 0.279 e. The van der Waals surface area contributed by atoms with E-state index in [0.717, 1.165) is 6.26 Å². The van der Waals surface area contributed by atoms with Gasteiger partial charge in [-0.05, 0) is 11.6 Å². The van der Waals surface area contributed by atoms with E-state index in [1.807, 2.05) is 0 Å². The maximum absolute atomic E-state index is 11.9. The summed E-state index contributed by atoms with van der Waals surface area (Å²) in [5, 5.41) is -0.0344. The Balaban J connectivity index is 2.76. The van der Waals surface area contributed by atoms with E-state index in [9.17, 15) is 16.8 Å². The zero-order chi connectivity index (χ0) is 15.4. The van der Waals surface area contributed by atoms with Gasteiger partial charge < -0.3 is 0 Å². The molecule has 114 valence electrons. The molecular weight excluding hydrogens is 302 g/mol. The minimum absolute atomic E-state index is 0.0344. The summed E-state index contributed by atoms with van der Waals surface area (Å²) in [6.45, 7) is 4.35. The summed E-state index contributed by atoms with van der Waals surface area (Å²) in [6.07, 6.45) is 2.42. The Bertz CT molecular complexity index is 635. The van der Waals surface area contributed by atoms with E-state index in [2.05, 4.69) is 9.71 Å². The summed E-state index contributed by atoms with van der Waals surface area (Å²) in [5.74, 6) is 0. The second-order valence-electron chi connectivity index (χ2n) is 4.19. The lowest BCUT2D eigenvalue weighted by atomic mass is 10.3. The zero-order valence-electron chi connectivity index (χ0n) is 11.7. The first-order valence-corrected chi connectivity index (χ1v) is 9.43. The van der Waals surface area contributed by atoms with Gasteiger partial charge in [-0.1, -0.05) is 19.9 Å². The third-order valence-electron chi connectivity index (χ3n) is 2.68. The van der Waals surface area contributed by atoms with E-state index in [-0.39, 0.29) is 11.6 Å². The normalized spacial score (nSPS) is 12.8. The molecule has 0 aliphatic carbocycles. The molecule has 0 amide bonds. The number of sulfone groups is 1. The second kappa shape index (κ2) is 6.61. The van der Waals surface area contributed by atoms with Crippen LogP contribution in [0.15, 0.2) is 23.4 Å². The van der Waals surface area contributed by atoms with Crippen molar-refractivity contribution >= 4 is 20.0 Å². The van der Waals surface area contributed by atoms with E-state index >= 15 is 0 Å². The average molecular weight is 321 g/mol. The van der Waals surface area contributed by atoms with Crippen molar-refractivity contribution in [2.75, 3.05) is 19.3 Å². The maximum Gasteiger partial charge on any atom is 0.279 e. The lowest BCUT2D eigenvalue weighted by Crippen LogP contribution is -2.40. The van der Waals surface area contributed by atoms with Crippen LogP contribution in [0.4, 0.5) is 0 Å². The molecule has 1 N–H and O–H groups in total. The van der Waals surface area contributed by atoms with Crippen molar-refractivity contribution in [3.8, 4) is 0 Å². The van der Waals surface area contributed by atoms with Gasteiger partial charge >= 0.3 is 0 Å². The highest BCUT2D eigenvalue weighted by Gasteiger charge is 2.17. The summed E-state index contributed by atoms with van der Waals surface area (Å²) < 4.78 is 50.0. The standard InChI is InChI=1S/C11H19N3O4S2/c1-4-14(5-2)20(17,18)13-9-10-6-7-11(12-8-10)19(3,15)16/h6-8,13H,4-5,9H2,1-3H3. The highest BCUT2D eigenvalue weighted by atomic mass is 32.2. The van der Waals surface area contributed by atoms with Crippen LogP contribution in [-0.2, 0) is 26.6 Å². The first-order valence-electron chi connectivity index (χ1n) is 6.10. The summed E-state index contributed by atoms with van der Waals surface area (Å²) in [5.41, 5.74) is 0.591. The average Bonchev–Trinajstić information content (AvgIpc) is 2.37. The molecule has 0 fully saturated rings. The van der Waals surface area contributed by atoms with Crippen molar-refractivity contribution < 1.29 is 16.8 Å². The molecule has 1 aromatic rings. The molecule has 1 rings (SSSR count). The molecule has 0 radical (unpaired) electrons. The molecular formula is C11H19N3O4S2. The van der Waals surface area contributed by atoms with E-state index in [0.29, 0.717) is 18.7 Å². The van der Waals surface area contributed by atoms with Crippen molar-refractivity contribution in [3.63, 3.8) is 0 Å². The zero-order valence-corrected chi connectivity index (χ0v) is 13.3. The predicted molar refractivity (Wildman–Crippen MR) is 76.0 cm³/mol. The molecule has 0 saturated carbocycles. The lowest BCUT2D eigenvalue weighted by molar-refractivity contribution is 0.434. The van der Waals surface area contributed by atoms with E-state index in [4.69, 9.17) is 0 Å². The lowest BCUT2D eigenvalue weighted by Gasteiger charge is -2.18. The highest BCUT2D eigenvalue weighted by Crippen LogP contribution is 2.07. The van der Waals surface area contributed by atoms with E-state index in [1.165, 1.54) is 22.6 Å². The Labute approximate surface area is 120 Å². The van der Waals surface area contributed by atoms with Crippen LogP contribution in [-0.4, -0.2) is 45.5 Å². The van der Waals surface area contributed by atoms with Gasteiger partial charge in [0.25, 0.3) is 10.2 Å². The molecule has 0 atom stereocenters. The number of nitrogens with one attached hydrogen (secondary N) is 1. The van der Waals surface area contributed by atoms with Gasteiger partial charge in [-0.2, -0.15) is 17.4 Å². The van der Waals surface area contributed by atoms with Crippen LogP contribution in [0.1, 0.15) is 19.4 Å². The number of hydrogen-bond acceptors (Lipinski definition) is 5. The van der Waals surface area contributed by atoms with Gasteiger partial charge in [-0.25, -0.2) is 13.4 Å². The van der Waals surface area contributed by atoms with Crippen molar-refractivity contribution in [3.05, 3.63) is 23.9 Å². The van der Waals surface area contributed by atoms with Crippen molar-refractivity contribution in [1.29, 1.82) is 0 Å². The highest BCUT2D eigenvalue weighted by molar-refractivity contribution is 7.90. The van der Waals surface area contributed by atoms with Gasteiger partial charge in [0.15, 0.2) is 14.9 Å². The van der Waals surface area contributed by atoms with Crippen molar-refractivity contribution in [2.24, 2.45) is 0 Å². The van der Waals surface area contributed by atoms with Gasteiger partial charge in [0.05, 0.1) is 0 Å². The molecule has 0 spiro atoms. The minimum atomic E-state index is -3.52. The van der Waals surface area contributed by atoms with Crippen LogP contribution in [0.2, 0.25) is 0 Å². The third kappa shape index (κ3) is 4.51. The first kappa shape index (κ1) is 17.0. The molecule has 7 nitrogen and oxygen atoms in total.